The average molecular weight is 219 g/mol. The lowest BCUT2D eigenvalue weighted by molar-refractivity contribution is 0.221. The Morgan fingerprint density at radius 1 is 1.38 bits per heavy atom. The number of aliphatic hydroxyl groups excluding tert-OH is 1. The van der Waals surface area contributed by atoms with Crippen molar-refractivity contribution in [2.45, 2.75) is 33.2 Å². The molecule has 1 aromatic carbocycles. The zero-order valence-corrected chi connectivity index (χ0v) is 10.4. The molecule has 2 unspecified atom stereocenters. The second-order valence-electron chi connectivity index (χ2n) is 4.96. The predicted molar refractivity (Wildman–Crippen MR) is 67.9 cm³/mol. The van der Waals surface area contributed by atoms with Gasteiger partial charge in [0.05, 0.1) is 0 Å². The number of rotatable bonds is 2. The number of aliphatic hydroxyl groups is 1. The highest BCUT2D eigenvalue weighted by molar-refractivity contribution is 5.55. The molecule has 2 rings (SSSR count). The summed E-state index contributed by atoms with van der Waals surface area (Å²) in [5.41, 5.74) is 3.98. The van der Waals surface area contributed by atoms with E-state index >= 15 is 0 Å². The second-order valence-corrected chi connectivity index (χ2v) is 4.96. The van der Waals surface area contributed by atoms with Crippen LogP contribution in [-0.4, -0.2) is 24.3 Å². The van der Waals surface area contributed by atoms with E-state index in [4.69, 9.17) is 0 Å². The SMILES string of the molecule is Cc1ccc(N2CCC(CO)C2C)c(C)c1. The Morgan fingerprint density at radius 2 is 2.12 bits per heavy atom. The van der Waals surface area contributed by atoms with Crippen LogP contribution in [0.1, 0.15) is 24.5 Å². The minimum atomic E-state index is 0.308. The summed E-state index contributed by atoms with van der Waals surface area (Å²) < 4.78 is 0. The maximum Gasteiger partial charge on any atom is 0.0479 e. The Balaban J connectivity index is 2.25. The quantitative estimate of drug-likeness (QED) is 0.826. The van der Waals surface area contributed by atoms with E-state index in [1.807, 2.05) is 0 Å². The molecule has 0 saturated carbocycles. The molecule has 1 aliphatic heterocycles. The Kier molecular flexibility index (Phi) is 3.20. The molecule has 1 aliphatic rings. The lowest BCUT2D eigenvalue weighted by Crippen LogP contribution is -2.31. The molecule has 1 aromatic rings. The first-order valence-electron chi connectivity index (χ1n) is 6.08. The average Bonchev–Trinajstić information content (AvgIpc) is 2.60. The normalized spacial score (nSPS) is 25.1. The predicted octanol–water partition coefficient (Wildman–Crippen LogP) is 2.51. The van der Waals surface area contributed by atoms with Crippen LogP contribution < -0.4 is 4.90 Å². The van der Waals surface area contributed by atoms with E-state index in [9.17, 15) is 5.11 Å². The molecule has 88 valence electrons. The van der Waals surface area contributed by atoms with E-state index in [1.54, 1.807) is 0 Å². The minimum absolute atomic E-state index is 0.308. The number of aryl methyl sites for hydroxylation is 2. The number of hydrogen-bond donors (Lipinski definition) is 1. The molecule has 0 radical (unpaired) electrons. The van der Waals surface area contributed by atoms with Gasteiger partial charge in [-0.15, -0.1) is 0 Å². The first-order valence-corrected chi connectivity index (χ1v) is 6.08. The van der Waals surface area contributed by atoms with Gasteiger partial charge in [-0.2, -0.15) is 0 Å². The lowest BCUT2D eigenvalue weighted by atomic mass is 10.0. The first-order chi connectivity index (χ1) is 7.63. The van der Waals surface area contributed by atoms with Gasteiger partial charge in [-0.05, 0) is 38.8 Å². The van der Waals surface area contributed by atoms with Crippen molar-refractivity contribution in [1.82, 2.24) is 0 Å². The van der Waals surface area contributed by atoms with Crippen LogP contribution in [0.25, 0.3) is 0 Å². The molecular weight excluding hydrogens is 198 g/mol. The molecule has 0 spiro atoms. The van der Waals surface area contributed by atoms with Crippen molar-refractivity contribution in [2.24, 2.45) is 5.92 Å². The summed E-state index contributed by atoms with van der Waals surface area (Å²) in [5.74, 6) is 0.431. The third kappa shape index (κ3) is 1.94. The number of nitrogens with zero attached hydrogens (tertiary/aromatic N) is 1. The van der Waals surface area contributed by atoms with Crippen molar-refractivity contribution in [2.75, 3.05) is 18.1 Å². The van der Waals surface area contributed by atoms with E-state index in [-0.39, 0.29) is 0 Å². The van der Waals surface area contributed by atoms with Crippen molar-refractivity contribution in [3.8, 4) is 0 Å². The molecular formula is C14H21NO. The highest BCUT2D eigenvalue weighted by Crippen LogP contribution is 2.31. The Morgan fingerprint density at radius 3 is 2.69 bits per heavy atom. The molecule has 0 amide bonds. The second kappa shape index (κ2) is 4.46. The molecule has 1 N–H and O–H groups in total. The zero-order valence-electron chi connectivity index (χ0n) is 10.4. The fraction of sp³-hybridized carbons (Fsp3) is 0.571. The van der Waals surface area contributed by atoms with Crippen molar-refractivity contribution < 1.29 is 5.11 Å². The van der Waals surface area contributed by atoms with Gasteiger partial charge in [-0.3, -0.25) is 0 Å². The third-order valence-corrected chi connectivity index (χ3v) is 3.81. The van der Waals surface area contributed by atoms with Crippen LogP contribution >= 0.6 is 0 Å². The van der Waals surface area contributed by atoms with E-state index in [0.29, 0.717) is 18.6 Å². The molecule has 2 atom stereocenters. The van der Waals surface area contributed by atoms with Crippen LogP contribution in [0.5, 0.6) is 0 Å². The molecule has 0 bridgehead atoms. The van der Waals surface area contributed by atoms with Crippen molar-refractivity contribution in [3.63, 3.8) is 0 Å². The summed E-state index contributed by atoms with van der Waals surface area (Å²) in [5, 5.41) is 9.29. The Hall–Kier alpha value is -1.02. The third-order valence-electron chi connectivity index (χ3n) is 3.81. The molecule has 16 heavy (non-hydrogen) atoms. The van der Waals surface area contributed by atoms with E-state index in [2.05, 4.69) is 43.9 Å². The van der Waals surface area contributed by atoms with Crippen molar-refractivity contribution >= 4 is 5.69 Å². The van der Waals surface area contributed by atoms with Gasteiger partial charge < -0.3 is 10.0 Å². The van der Waals surface area contributed by atoms with Gasteiger partial charge in [0.25, 0.3) is 0 Å². The monoisotopic (exact) mass is 219 g/mol. The molecule has 0 aliphatic carbocycles. The highest BCUT2D eigenvalue weighted by atomic mass is 16.3. The zero-order chi connectivity index (χ0) is 11.7. The van der Waals surface area contributed by atoms with Crippen LogP contribution in [0.4, 0.5) is 5.69 Å². The van der Waals surface area contributed by atoms with Gasteiger partial charge in [0.15, 0.2) is 0 Å². The van der Waals surface area contributed by atoms with Gasteiger partial charge in [0.1, 0.15) is 0 Å². The summed E-state index contributed by atoms with van der Waals surface area (Å²) in [6.45, 7) is 7.88. The molecule has 1 fully saturated rings. The van der Waals surface area contributed by atoms with Gasteiger partial charge >= 0.3 is 0 Å². The highest BCUT2D eigenvalue weighted by Gasteiger charge is 2.30. The van der Waals surface area contributed by atoms with Crippen molar-refractivity contribution in [3.05, 3.63) is 29.3 Å². The summed E-state index contributed by atoms with van der Waals surface area (Å²) in [6, 6.07) is 7.06. The fourth-order valence-electron chi connectivity index (χ4n) is 2.72. The van der Waals surface area contributed by atoms with Gasteiger partial charge in [-0.1, -0.05) is 17.7 Å². The largest absolute Gasteiger partial charge is 0.396 e. The molecule has 1 heterocycles. The van der Waals surface area contributed by atoms with Crippen LogP contribution in [-0.2, 0) is 0 Å². The minimum Gasteiger partial charge on any atom is -0.396 e. The van der Waals surface area contributed by atoms with Gasteiger partial charge in [0.2, 0.25) is 0 Å². The standard InChI is InChI=1S/C14H21NO/c1-10-4-5-14(11(2)8-10)15-7-6-13(9-16)12(15)3/h4-5,8,12-13,16H,6-7,9H2,1-3H3. The van der Waals surface area contributed by atoms with Crippen LogP contribution in [0.3, 0.4) is 0 Å². The molecule has 1 saturated heterocycles. The number of benzene rings is 1. The van der Waals surface area contributed by atoms with Gasteiger partial charge in [0, 0.05) is 30.8 Å². The molecule has 2 nitrogen and oxygen atoms in total. The Bertz CT molecular complexity index is 375. The maximum atomic E-state index is 9.29. The number of hydrogen-bond acceptors (Lipinski definition) is 2. The summed E-state index contributed by atoms with van der Waals surface area (Å²) >= 11 is 0. The van der Waals surface area contributed by atoms with Crippen LogP contribution in [0, 0.1) is 19.8 Å². The van der Waals surface area contributed by atoms with Gasteiger partial charge in [-0.25, -0.2) is 0 Å². The smallest absolute Gasteiger partial charge is 0.0479 e. The lowest BCUT2D eigenvalue weighted by Gasteiger charge is -2.27. The van der Waals surface area contributed by atoms with Crippen LogP contribution in [0.15, 0.2) is 18.2 Å². The first kappa shape index (κ1) is 11.5. The van der Waals surface area contributed by atoms with E-state index < -0.39 is 0 Å². The number of anilines is 1. The summed E-state index contributed by atoms with van der Waals surface area (Å²) in [4.78, 5) is 2.43. The summed E-state index contributed by atoms with van der Waals surface area (Å²) in [6.07, 6.45) is 1.10. The summed E-state index contributed by atoms with van der Waals surface area (Å²) in [7, 11) is 0. The topological polar surface area (TPSA) is 23.5 Å². The molecule has 0 aromatic heterocycles. The maximum absolute atomic E-state index is 9.29. The fourth-order valence-corrected chi connectivity index (χ4v) is 2.72. The van der Waals surface area contributed by atoms with Crippen molar-refractivity contribution in [1.29, 1.82) is 0 Å². The van der Waals surface area contributed by atoms with Crippen LogP contribution in [0.2, 0.25) is 0 Å². The Labute approximate surface area is 97.9 Å². The van der Waals surface area contributed by atoms with E-state index in [1.165, 1.54) is 16.8 Å². The van der Waals surface area contributed by atoms with E-state index in [0.717, 1.165) is 13.0 Å². The molecule has 2 heteroatoms.